The SMILES string of the molecule is CC(C)Cc1nnc(NC(=O)c2cccc(=O)[nH]2)s1. The lowest BCUT2D eigenvalue weighted by molar-refractivity contribution is 0.102. The fraction of sp³-hybridized carbons (Fsp3) is 0.333. The summed E-state index contributed by atoms with van der Waals surface area (Å²) in [5.74, 6) is 0.0897. The molecule has 0 unspecified atom stereocenters. The van der Waals surface area contributed by atoms with Crippen molar-refractivity contribution in [2.75, 3.05) is 5.32 Å². The van der Waals surface area contributed by atoms with Crippen LogP contribution in [-0.4, -0.2) is 21.1 Å². The van der Waals surface area contributed by atoms with Gasteiger partial charge in [-0.1, -0.05) is 31.3 Å². The van der Waals surface area contributed by atoms with Gasteiger partial charge in [0.25, 0.3) is 5.91 Å². The number of hydrogen-bond acceptors (Lipinski definition) is 5. The van der Waals surface area contributed by atoms with E-state index in [4.69, 9.17) is 0 Å². The van der Waals surface area contributed by atoms with Gasteiger partial charge in [0.15, 0.2) is 0 Å². The number of nitrogens with one attached hydrogen (secondary N) is 2. The number of aromatic amines is 1. The molecule has 2 rings (SSSR count). The minimum Gasteiger partial charge on any atom is -0.318 e. The maximum atomic E-state index is 11.9. The van der Waals surface area contributed by atoms with Gasteiger partial charge in [0.1, 0.15) is 10.7 Å². The van der Waals surface area contributed by atoms with Gasteiger partial charge in [0.2, 0.25) is 10.7 Å². The number of anilines is 1. The highest BCUT2D eigenvalue weighted by atomic mass is 32.1. The molecule has 2 heterocycles. The Labute approximate surface area is 113 Å². The molecule has 0 atom stereocenters. The first-order chi connectivity index (χ1) is 9.04. The second-order valence-electron chi connectivity index (χ2n) is 4.48. The molecule has 2 aromatic heterocycles. The van der Waals surface area contributed by atoms with Crippen LogP contribution in [0.4, 0.5) is 5.13 Å². The average molecular weight is 278 g/mol. The Bertz CT molecular complexity index is 632. The quantitative estimate of drug-likeness (QED) is 0.890. The predicted molar refractivity (Wildman–Crippen MR) is 73.5 cm³/mol. The highest BCUT2D eigenvalue weighted by molar-refractivity contribution is 7.15. The molecule has 0 radical (unpaired) electrons. The van der Waals surface area contributed by atoms with Gasteiger partial charge in [-0.25, -0.2) is 0 Å². The van der Waals surface area contributed by atoms with Crippen molar-refractivity contribution in [3.8, 4) is 0 Å². The van der Waals surface area contributed by atoms with Gasteiger partial charge in [0.05, 0.1) is 0 Å². The Hall–Kier alpha value is -2.02. The van der Waals surface area contributed by atoms with Gasteiger partial charge in [-0.15, -0.1) is 10.2 Å². The van der Waals surface area contributed by atoms with Crippen molar-refractivity contribution in [1.82, 2.24) is 15.2 Å². The maximum absolute atomic E-state index is 11.9. The van der Waals surface area contributed by atoms with Crippen LogP contribution in [0.5, 0.6) is 0 Å². The first-order valence-corrected chi connectivity index (χ1v) is 6.69. The van der Waals surface area contributed by atoms with E-state index in [0.29, 0.717) is 11.0 Å². The largest absolute Gasteiger partial charge is 0.318 e. The summed E-state index contributed by atoms with van der Waals surface area (Å²) in [7, 11) is 0. The third-order valence-corrected chi connectivity index (χ3v) is 3.14. The second-order valence-corrected chi connectivity index (χ2v) is 5.54. The summed E-state index contributed by atoms with van der Waals surface area (Å²) in [6.45, 7) is 4.18. The number of carbonyl (C=O) groups is 1. The Morgan fingerprint density at radius 1 is 1.42 bits per heavy atom. The van der Waals surface area contributed by atoms with Gasteiger partial charge < -0.3 is 4.98 Å². The summed E-state index contributed by atoms with van der Waals surface area (Å²) < 4.78 is 0. The standard InChI is InChI=1S/C12H14N4O2S/c1-7(2)6-10-15-16-12(19-10)14-11(18)8-4-3-5-9(17)13-8/h3-5,7H,6H2,1-2H3,(H,13,17)(H,14,16,18). The number of amides is 1. The van der Waals surface area contributed by atoms with Gasteiger partial charge in [0, 0.05) is 12.5 Å². The smallest absolute Gasteiger partial charge is 0.274 e. The number of hydrogen-bond donors (Lipinski definition) is 2. The number of pyridine rings is 1. The molecule has 1 amide bonds. The number of rotatable bonds is 4. The van der Waals surface area contributed by atoms with E-state index in [2.05, 4.69) is 34.3 Å². The molecule has 7 heteroatoms. The van der Waals surface area contributed by atoms with Gasteiger partial charge >= 0.3 is 0 Å². The third kappa shape index (κ3) is 3.72. The summed E-state index contributed by atoms with van der Waals surface area (Å²) in [6.07, 6.45) is 0.829. The normalized spacial score (nSPS) is 10.7. The van der Waals surface area contributed by atoms with Crippen LogP contribution in [0, 0.1) is 5.92 Å². The molecular formula is C12H14N4O2S. The summed E-state index contributed by atoms with van der Waals surface area (Å²) >= 11 is 1.34. The van der Waals surface area contributed by atoms with Crippen molar-refractivity contribution in [2.45, 2.75) is 20.3 Å². The summed E-state index contributed by atoms with van der Waals surface area (Å²) in [4.78, 5) is 25.4. The molecule has 19 heavy (non-hydrogen) atoms. The molecule has 100 valence electrons. The highest BCUT2D eigenvalue weighted by Gasteiger charge is 2.11. The number of aromatic nitrogens is 3. The highest BCUT2D eigenvalue weighted by Crippen LogP contribution is 2.18. The molecule has 0 saturated carbocycles. The van der Waals surface area contributed by atoms with E-state index in [-0.39, 0.29) is 11.3 Å². The first kappa shape index (κ1) is 13.4. The first-order valence-electron chi connectivity index (χ1n) is 5.87. The van der Waals surface area contributed by atoms with E-state index in [9.17, 15) is 9.59 Å². The summed E-state index contributed by atoms with van der Waals surface area (Å²) in [6, 6.07) is 4.41. The minimum atomic E-state index is -0.398. The van der Waals surface area contributed by atoms with Gasteiger partial charge in [-0.2, -0.15) is 0 Å². The third-order valence-electron chi connectivity index (χ3n) is 2.28. The average Bonchev–Trinajstić information content (AvgIpc) is 2.75. The molecule has 0 aromatic carbocycles. The Morgan fingerprint density at radius 3 is 2.89 bits per heavy atom. The summed E-state index contributed by atoms with van der Waals surface area (Å²) in [5.41, 5.74) is -0.112. The minimum absolute atomic E-state index is 0.202. The van der Waals surface area contributed by atoms with Crippen LogP contribution in [0.15, 0.2) is 23.0 Å². The van der Waals surface area contributed by atoms with E-state index in [1.54, 1.807) is 0 Å². The monoisotopic (exact) mass is 278 g/mol. The topological polar surface area (TPSA) is 87.7 Å². The van der Waals surface area contributed by atoms with E-state index in [1.165, 1.54) is 29.5 Å². The second kappa shape index (κ2) is 5.75. The van der Waals surface area contributed by atoms with E-state index >= 15 is 0 Å². The zero-order chi connectivity index (χ0) is 13.8. The lowest BCUT2D eigenvalue weighted by Gasteiger charge is -2.00. The predicted octanol–water partition coefficient (Wildman–Crippen LogP) is 1.68. The molecule has 0 bridgehead atoms. The molecule has 6 nitrogen and oxygen atoms in total. The molecule has 0 saturated heterocycles. The van der Waals surface area contributed by atoms with E-state index < -0.39 is 5.91 Å². The van der Waals surface area contributed by atoms with Crippen LogP contribution >= 0.6 is 11.3 Å². The van der Waals surface area contributed by atoms with Crippen molar-refractivity contribution in [1.29, 1.82) is 0 Å². The number of carbonyl (C=O) groups excluding carboxylic acids is 1. The molecule has 0 aliphatic rings. The van der Waals surface area contributed by atoms with Crippen LogP contribution in [0.3, 0.4) is 0 Å². The fourth-order valence-corrected chi connectivity index (χ4v) is 2.43. The van der Waals surface area contributed by atoms with Crippen molar-refractivity contribution < 1.29 is 4.79 Å². The maximum Gasteiger partial charge on any atom is 0.274 e. The molecular weight excluding hydrogens is 264 g/mol. The lowest BCUT2D eigenvalue weighted by Crippen LogP contribution is -2.17. The van der Waals surface area contributed by atoms with E-state index in [1.807, 2.05) is 0 Å². The van der Waals surface area contributed by atoms with Gasteiger partial charge in [-0.05, 0) is 12.0 Å². The molecule has 0 fully saturated rings. The molecule has 0 aliphatic carbocycles. The molecule has 0 aliphatic heterocycles. The van der Waals surface area contributed by atoms with Crippen LogP contribution in [-0.2, 0) is 6.42 Å². The Balaban J connectivity index is 2.07. The van der Waals surface area contributed by atoms with Crippen LogP contribution in [0.2, 0.25) is 0 Å². The fourth-order valence-electron chi connectivity index (χ4n) is 1.48. The van der Waals surface area contributed by atoms with Crippen molar-refractivity contribution >= 4 is 22.4 Å². The zero-order valence-electron chi connectivity index (χ0n) is 10.6. The number of H-pyrrole nitrogens is 1. The van der Waals surface area contributed by atoms with Crippen molar-refractivity contribution in [2.24, 2.45) is 5.92 Å². The van der Waals surface area contributed by atoms with Crippen LogP contribution in [0.25, 0.3) is 0 Å². The van der Waals surface area contributed by atoms with Crippen molar-refractivity contribution in [3.63, 3.8) is 0 Å². The molecule has 0 spiro atoms. The number of nitrogens with zero attached hydrogens (tertiary/aromatic N) is 2. The van der Waals surface area contributed by atoms with Crippen molar-refractivity contribution in [3.05, 3.63) is 39.3 Å². The Morgan fingerprint density at radius 2 is 2.21 bits per heavy atom. The Kier molecular flexibility index (Phi) is 4.06. The van der Waals surface area contributed by atoms with Crippen LogP contribution in [0.1, 0.15) is 29.3 Å². The van der Waals surface area contributed by atoms with E-state index in [0.717, 1.165) is 11.4 Å². The zero-order valence-corrected chi connectivity index (χ0v) is 11.5. The summed E-state index contributed by atoms with van der Waals surface area (Å²) in [5, 5.41) is 11.8. The molecule has 2 N–H and O–H groups in total. The molecule has 2 aromatic rings. The van der Waals surface area contributed by atoms with Gasteiger partial charge in [-0.3, -0.25) is 14.9 Å². The van der Waals surface area contributed by atoms with Crippen LogP contribution < -0.4 is 10.9 Å². The lowest BCUT2D eigenvalue weighted by atomic mass is 10.1.